The quantitative estimate of drug-likeness (QED) is 0.558. The van der Waals surface area contributed by atoms with Gasteiger partial charge in [0, 0.05) is 23.5 Å². The molecule has 8 heteroatoms. The van der Waals surface area contributed by atoms with Gasteiger partial charge in [0.1, 0.15) is 9.97 Å². The fourth-order valence-corrected chi connectivity index (χ4v) is 5.15. The Labute approximate surface area is 142 Å². The molecule has 0 saturated heterocycles. The number of nitrogens with zero attached hydrogens (tertiary/aromatic N) is 3. The highest BCUT2D eigenvalue weighted by Crippen LogP contribution is 2.30. The van der Waals surface area contributed by atoms with Gasteiger partial charge in [-0.25, -0.2) is 3.97 Å². The Bertz CT molecular complexity index is 1120. The molecule has 0 bridgehead atoms. The first-order valence-corrected chi connectivity index (χ1v) is 9.50. The monoisotopic (exact) mass is 359 g/mol. The number of thiophene rings is 1. The molecule has 0 aromatic carbocycles. The Morgan fingerprint density at radius 1 is 1.25 bits per heavy atom. The summed E-state index contributed by atoms with van der Waals surface area (Å²) in [6, 6.07) is 6.81. The molecule has 0 saturated carbocycles. The van der Waals surface area contributed by atoms with Gasteiger partial charge in [-0.2, -0.15) is 8.42 Å². The largest absolute Gasteiger partial charge is 0.361 e. The van der Waals surface area contributed by atoms with E-state index in [0.717, 1.165) is 16.8 Å². The van der Waals surface area contributed by atoms with Crippen molar-refractivity contribution < 1.29 is 12.9 Å². The number of aromatic nitrogens is 3. The fourth-order valence-electron chi connectivity index (χ4n) is 2.74. The van der Waals surface area contributed by atoms with Gasteiger partial charge in [-0.15, -0.1) is 11.3 Å². The average molecular weight is 359 g/mol. The van der Waals surface area contributed by atoms with Crippen molar-refractivity contribution in [2.45, 2.75) is 18.1 Å². The van der Waals surface area contributed by atoms with Crippen molar-refractivity contribution in [2.24, 2.45) is 0 Å². The molecule has 24 heavy (non-hydrogen) atoms. The summed E-state index contributed by atoms with van der Waals surface area (Å²) < 4.78 is 32.4. The first-order chi connectivity index (χ1) is 11.5. The van der Waals surface area contributed by atoms with Gasteiger partial charge in [-0.05, 0) is 37.4 Å². The van der Waals surface area contributed by atoms with Crippen molar-refractivity contribution in [3.63, 3.8) is 0 Å². The average Bonchev–Trinajstić information content (AvgIpc) is 3.27. The summed E-state index contributed by atoms with van der Waals surface area (Å²) in [6.07, 6.45) is 3.24. The van der Waals surface area contributed by atoms with Crippen LogP contribution in [0.25, 0.3) is 22.2 Å². The van der Waals surface area contributed by atoms with E-state index in [-0.39, 0.29) is 0 Å². The second kappa shape index (κ2) is 5.29. The molecule has 0 radical (unpaired) electrons. The van der Waals surface area contributed by atoms with E-state index in [1.807, 2.05) is 13.8 Å². The first-order valence-electron chi connectivity index (χ1n) is 7.18. The molecule has 4 aromatic rings. The van der Waals surface area contributed by atoms with E-state index in [0.29, 0.717) is 21.0 Å². The van der Waals surface area contributed by atoms with Crippen LogP contribution >= 0.6 is 11.3 Å². The molecule has 0 N–H and O–H groups in total. The van der Waals surface area contributed by atoms with Crippen LogP contribution in [0.4, 0.5) is 0 Å². The molecular weight excluding hydrogens is 346 g/mol. The molecule has 0 aliphatic carbocycles. The molecule has 0 spiro atoms. The van der Waals surface area contributed by atoms with E-state index in [9.17, 15) is 8.42 Å². The number of hydrogen-bond donors (Lipinski definition) is 0. The highest BCUT2D eigenvalue weighted by molar-refractivity contribution is 7.92. The number of fused-ring (bicyclic) bond motifs is 1. The molecule has 122 valence electrons. The zero-order valence-electron chi connectivity index (χ0n) is 12.9. The Balaban J connectivity index is 1.95. The molecule has 4 aromatic heterocycles. The van der Waals surface area contributed by atoms with Gasteiger partial charge in [0.2, 0.25) is 0 Å². The predicted molar refractivity (Wildman–Crippen MR) is 91.6 cm³/mol. The van der Waals surface area contributed by atoms with E-state index in [1.165, 1.54) is 21.5 Å². The van der Waals surface area contributed by atoms with Crippen LogP contribution in [0.2, 0.25) is 0 Å². The minimum Gasteiger partial charge on any atom is -0.361 e. The van der Waals surface area contributed by atoms with Crippen LogP contribution in [0.15, 0.2) is 50.8 Å². The summed E-state index contributed by atoms with van der Waals surface area (Å²) >= 11 is 1.19. The third kappa shape index (κ3) is 2.18. The summed E-state index contributed by atoms with van der Waals surface area (Å²) in [6.45, 7) is 3.67. The van der Waals surface area contributed by atoms with Crippen molar-refractivity contribution in [1.29, 1.82) is 0 Å². The summed E-state index contributed by atoms with van der Waals surface area (Å²) in [5.74, 6) is 0.674. The normalized spacial score (nSPS) is 12.1. The molecule has 0 aliphatic heterocycles. The molecule has 6 nitrogen and oxygen atoms in total. The van der Waals surface area contributed by atoms with E-state index in [2.05, 4.69) is 10.1 Å². The summed E-state index contributed by atoms with van der Waals surface area (Å²) in [5.41, 5.74) is 3.50. The van der Waals surface area contributed by atoms with Crippen LogP contribution in [0.5, 0.6) is 0 Å². The number of aryl methyl sites for hydroxylation is 2. The predicted octanol–water partition coefficient (Wildman–Crippen LogP) is 3.61. The lowest BCUT2D eigenvalue weighted by Crippen LogP contribution is -2.10. The van der Waals surface area contributed by atoms with Gasteiger partial charge in [0.15, 0.2) is 0 Å². The van der Waals surface area contributed by atoms with Gasteiger partial charge in [0.05, 0.1) is 16.7 Å². The minimum atomic E-state index is -3.63. The summed E-state index contributed by atoms with van der Waals surface area (Å²) in [4.78, 5) is 4.38. The van der Waals surface area contributed by atoms with E-state index in [4.69, 9.17) is 4.52 Å². The summed E-state index contributed by atoms with van der Waals surface area (Å²) in [7, 11) is -3.63. The number of pyridine rings is 1. The SMILES string of the molecule is Cc1noc(C)c1-c1cnc2ccn(S(=O)(=O)c3cccs3)c2c1. The van der Waals surface area contributed by atoms with Gasteiger partial charge in [-0.3, -0.25) is 4.98 Å². The molecule has 0 atom stereocenters. The Hall–Kier alpha value is -2.45. The van der Waals surface area contributed by atoms with Crippen LogP contribution < -0.4 is 0 Å². The second-order valence-electron chi connectivity index (χ2n) is 5.38. The maximum atomic E-state index is 12.8. The summed E-state index contributed by atoms with van der Waals surface area (Å²) in [5, 5.41) is 5.69. The van der Waals surface area contributed by atoms with Crippen LogP contribution in [0, 0.1) is 13.8 Å². The van der Waals surface area contributed by atoms with Crippen molar-refractivity contribution >= 4 is 32.4 Å². The molecule has 0 fully saturated rings. The van der Waals surface area contributed by atoms with Crippen molar-refractivity contribution in [3.05, 3.63) is 53.5 Å². The smallest absolute Gasteiger partial charge is 0.277 e. The minimum absolute atomic E-state index is 0.294. The first kappa shape index (κ1) is 15.1. The van der Waals surface area contributed by atoms with Crippen molar-refractivity contribution in [1.82, 2.24) is 14.1 Å². The van der Waals surface area contributed by atoms with Gasteiger partial charge in [-0.1, -0.05) is 11.2 Å². The lowest BCUT2D eigenvalue weighted by molar-refractivity contribution is 0.393. The van der Waals surface area contributed by atoms with Gasteiger partial charge >= 0.3 is 0 Å². The fraction of sp³-hybridized carbons (Fsp3) is 0.125. The lowest BCUT2D eigenvalue weighted by atomic mass is 10.1. The molecular formula is C16H13N3O3S2. The zero-order valence-corrected chi connectivity index (χ0v) is 14.6. The number of rotatable bonds is 3. The van der Waals surface area contributed by atoms with Gasteiger partial charge < -0.3 is 4.52 Å². The maximum Gasteiger partial charge on any atom is 0.277 e. The van der Waals surface area contributed by atoms with E-state index < -0.39 is 10.0 Å². The lowest BCUT2D eigenvalue weighted by Gasteiger charge is -2.06. The van der Waals surface area contributed by atoms with Crippen LogP contribution in [0.3, 0.4) is 0 Å². The number of hydrogen-bond acceptors (Lipinski definition) is 6. The molecule has 4 rings (SSSR count). The third-order valence-electron chi connectivity index (χ3n) is 3.83. The van der Waals surface area contributed by atoms with Crippen LogP contribution in [0.1, 0.15) is 11.5 Å². The van der Waals surface area contributed by atoms with Gasteiger partial charge in [0.25, 0.3) is 10.0 Å². The van der Waals surface area contributed by atoms with E-state index >= 15 is 0 Å². The molecule has 0 aliphatic rings. The topological polar surface area (TPSA) is 78.0 Å². The molecule has 0 amide bonds. The Morgan fingerprint density at radius 3 is 2.75 bits per heavy atom. The molecule has 4 heterocycles. The Kier molecular flexibility index (Phi) is 3.33. The highest BCUT2D eigenvalue weighted by Gasteiger charge is 2.21. The zero-order chi connectivity index (χ0) is 16.9. The van der Waals surface area contributed by atoms with E-state index in [1.54, 1.807) is 35.8 Å². The van der Waals surface area contributed by atoms with Crippen molar-refractivity contribution in [2.75, 3.05) is 0 Å². The standard InChI is InChI=1S/C16H13N3O3S2/c1-10-16(11(2)22-18-10)12-8-14-13(17-9-12)5-6-19(14)24(20,21)15-4-3-7-23-15/h3-9H,1-2H3. The second-order valence-corrected chi connectivity index (χ2v) is 8.37. The van der Waals surface area contributed by atoms with Crippen LogP contribution in [-0.2, 0) is 10.0 Å². The van der Waals surface area contributed by atoms with Crippen LogP contribution in [-0.4, -0.2) is 22.5 Å². The Morgan fingerprint density at radius 2 is 2.08 bits per heavy atom. The highest BCUT2D eigenvalue weighted by atomic mass is 32.2. The maximum absolute atomic E-state index is 12.8. The molecule has 0 unspecified atom stereocenters. The van der Waals surface area contributed by atoms with Crippen molar-refractivity contribution in [3.8, 4) is 11.1 Å². The third-order valence-corrected chi connectivity index (χ3v) is 6.90.